The topological polar surface area (TPSA) is 41.6 Å². The Morgan fingerprint density at radius 3 is 2.50 bits per heavy atom. The summed E-state index contributed by atoms with van der Waals surface area (Å²) in [5, 5.41) is 4.68. The molecule has 1 amide bonds. The number of amides is 1. The number of fused-ring (bicyclic) bond motifs is 1. The van der Waals surface area contributed by atoms with Crippen LogP contribution in [0, 0.1) is 6.92 Å². The zero-order valence-corrected chi connectivity index (χ0v) is 20.0. The summed E-state index contributed by atoms with van der Waals surface area (Å²) in [5.41, 5.74) is 5.15. The number of carbonyl (C=O) groups excluding carboxylic acids is 1. The van der Waals surface area contributed by atoms with Crippen molar-refractivity contribution < 1.29 is 9.53 Å². The van der Waals surface area contributed by atoms with E-state index < -0.39 is 6.17 Å². The fourth-order valence-electron chi connectivity index (χ4n) is 4.03. The number of benzene rings is 4. The van der Waals surface area contributed by atoms with Crippen molar-refractivity contribution in [2.75, 3.05) is 10.2 Å². The first kappa shape index (κ1) is 22.3. The summed E-state index contributed by atoms with van der Waals surface area (Å²) in [6, 6.07) is 28.6. The van der Waals surface area contributed by atoms with Gasteiger partial charge in [-0.2, -0.15) is 0 Å². The normalized spacial score (nSPS) is 15.0. The molecule has 0 spiro atoms. The number of halogens is 2. The number of hydrogen-bond acceptors (Lipinski definition) is 3. The molecule has 0 aliphatic carbocycles. The number of rotatable bonds is 5. The number of para-hydroxylation sites is 1. The van der Waals surface area contributed by atoms with Gasteiger partial charge in [0.15, 0.2) is 0 Å². The summed E-state index contributed by atoms with van der Waals surface area (Å²) < 4.78 is 6.04. The third-order valence-electron chi connectivity index (χ3n) is 5.82. The molecule has 34 heavy (non-hydrogen) atoms. The quantitative estimate of drug-likeness (QED) is 0.313. The lowest BCUT2D eigenvalue weighted by Crippen LogP contribution is -2.43. The van der Waals surface area contributed by atoms with E-state index in [1.54, 1.807) is 17.0 Å². The molecule has 1 aliphatic heterocycles. The maximum atomic E-state index is 13.6. The molecule has 1 heterocycles. The number of nitrogens with one attached hydrogen (secondary N) is 1. The molecule has 1 N–H and O–H groups in total. The van der Waals surface area contributed by atoms with Crippen LogP contribution >= 0.6 is 23.2 Å². The van der Waals surface area contributed by atoms with Crippen LogP contribution in [0.5, 0.6) is 5.75 Å². The highest BCUT2D eigenvalue weighted by molar-refractivity contribution is 6.35. The van der Waals surface area contributed by atoms with Crippen LogP contribution in [0.4, 0.5) is 11.4 Å². The minimum absolute atomic E-state index is 0.0533. The zero-order chi connectivity index (χ0) is 23.7. The van der Waals surface area contributed by atoms with E-state index in [-0.39, 0.29) is 5.91 Å². The number of nitrogens with zero attached hydrogens (tertiary/aromatic N) is 1. The lowest BCUT2D eigenvalue weighted by Gasteiger charge is -2.38. The lowest BCUT2D eigenvalue weighted by molar-refractivity contribution is 0.0975. The van der Waals surface area contributed by atoms with Crippen LogP contribution in [0.15, 0.2) is 91.0 Å². The average molecular weight is 489 g/mol. The van der Waals surface area contributed by atoms with Gasteiger partial charge in [0.2, 0.25) is 0 Å². The molecule has 4 aromatic carbocycles. The summed E-state index contributed by atoms with van der Waals surface area (Å²) in [4.78, 5) is 15.4. The van der Waals surface area contributed by atoms with Crippen molar-refractivity contribution in [3.05, 3.63) is 123 Å². The Bertz CT molecular complexity index is 1350. The van der Waals surface area contributed by atoms with Gasteiger partial charge in [-0.15, -0.1) is 0 Å². The molecule has 0 unspecified atom stereocenters. The van der Waals surface area contributed by atoms with Gasteiger partial charge < -0.3 is 10.1 Å². The molecule has 1 atom stereocenters. The molecule has 0 saturated heterocycles. The van der Waals surface area contributed by atoms with E-state index in [2.05, 4.69) is 5.32 Å². The van der Waals surface area contributed by atoms with Gasteiger partial charge in [-0.25, -0.2) is 0 Å². The third-order valence-corrected chi connectivity index (χ3v) is 6.41. The fraction of sp³-hybridized carbons (Fsp3) is 0.107. The minimum Gasteiger partial charge on any atom is -0.489 e. The van der Waals surface area contributed by atoms with E-state index in [1.165, 1.54) is 0 Å². The molecular weight excluding hydrogens is 467 g/mol. The first-order valence-corrected chi connectivity index (χ1v) is 11.7. The van der Waals surface area contributed by atoms with E-state index in [0.29, 0.717) is 28.0 Å². The Morgan fingerprint density at radius 2 is 1.71 bits per heavy atom. The summed E-state index contributed by atoms with van der Waals surface area (Å²) >= 11 is 12.3. The van der Waals surface area contributed by atoms with Crippen LogP contribution in [-0.4, -0.2) is 5.91 Å². The van der Waals surface area contributed by atoms with E-state index >= 15 is 0 Å². The van der Waals surface area contributed by atoms with Gasteiger partial charge in [0.25, 0.3) is 5.91 Å². The van der Waals surface area contributed by atoms with Crippen molar-refractivity contribution in [3.63, 3.8) is 0 Å². The molecule has 0 fully saturated rings. The highest BCUT2D eigenvalue weighted by Gasteiger charge is 2.34. The van der Waals surface area contributed by atoms with Crippen molar-refractivity contribution in [3.8, 4) is 5.75 Å². The molecule has 1 aliphatic rings. The molecule has 4 nitrogen and oxygen atoms in total. The Morgan fingerprint density at radius 1 is 0.912 bits per heavy atom. The van der Waals surface area contributed by atoms with Gasteiger partial charge in [-0.3, -0.25) is 9.69 Å². The molecule has 6 heteroatoms. The summed E-state index contributed by atoms with van der Waals surface area (Å²) in [6.07, 6.45) is -0.396. The van der Waals surface area contributed by atoms with E-state index in [1.807, 2.05) is 85.8 Å². The number of hydrogen-bond donors (Lipinski definition) is 1. The lowest BCUT2D eigenvalue weighted by atomic mass is 10.0. The van der Waals surface area contributed by atoms with E-state index in [4.69, 9.17) is 27.9 Å². The van der Waals surface area contributed by atoms with Gasteiger partial charge >= 0.3 is 0 Å². The third kappa shape index (κ3) is 4.47. The van der Waals surface area contributed by atoms with Gasteiger partial charge in [-0.1, -0.05) is 71.2 Å². The summed E-state index contributed by atoms with van der Waals surface area (Å²) in [7, 11) is 0. The second-order valence-corrected chi connectivity index (χ2v) is 9.04. The monoisotopic (exact) mass is 488 g/mol. The van der Waals surface area contributed by atoms with Gasteiger partial charge in [0.05, 0.1) is 5.56 Å². The number of anilines is 2. The number of ether oxygens (including phenoxy) is 1. The average Bonchev–Trinajstić information content (AvgIpc) is 2.84. The van der Waals surface area contributed by atoms with Gasteiger partial charge in [0.1, 0.15) is 18.5 Å². The Balaban J connectivity index is 1.48. The van der Waals surface area contributed by atoms with Crippen molar-refractivity contribution >= 4 is 40.5 Å². The maximum Gasteiger partial charge on any atom is 0.262 e. The van der Waals surface area contributed by atoms with Crippen molar-refractivity contribution in [1.82, 2.24) is 0 Å². The van der Waals surface area contributed by atoms with Crippen LogP contribution in [-0.2, 0) is 6.61 Å². The van der Waals surface area contributed by atoms with Crippen LogP contribution in [0.2, 0.25) is 10.0 Å². The predicted molar refractivity (Wildman–Crippen MR) is 138 cm³/mol. The molecule has 0 aromatic heterocycles. The Kier molecular flexibility index (Phi) is 6.18. The molecule has 0 radical (unpaired) electrons. The maximum absolute atomic E-state index is 13.6. The highest BCUT2D eigenvalue weighted by Crippen LogP contribution is 2.37. The molecule has 0 bridgehead atoms. The Labute approximate surface area is 208 Å². The zero-order valence-electron chi connectivity index (χ0n) is 18.5. The standard InChI is InChI=1S/C28H22Cl2N2O2/c1-18-9-13-22(14-10-18)32-27(31-26-8-3-2-7-24(26)28(32)33)19-5-4-6-23(15-19)34-17-20-11-12-21(29)16-25(20)30/h2-16,27,31H,17H2,1H3/t27-/m0/s1. The first-order chi connectivity index (χ1) is 16.5. The molecule has 0 saturated carbocycles. The van der Waals surface area contributed by atoms with Crippen molar-refractivity contribution in [2.45, 2.75) is 19.7 Å². The number of aryl methyl sites for hydroxylation is 1. The summed E-state index contributed by atoms with van der Waals surface area (Å²) in [6.45, 7) is 2.33. The minimum atomic E-state index is -0.396. The molecule has 4 aromatic rings. The largest absolute Gasteiger partial charge is 0.489 e. The Hall–Kier alpha value is -3.47. The highest BCUT2D eigenvalue weighted by atomic mass is 35.5. The van der Waals surface area contributed by atoms with Crippen LogP contribution in [0.1, 0.15) is 33.2 Å². The van der Waals surface area contributed by atoms with Crippen molar-refractivity contribution in [1.29, 1.82) is 0 Å². The van der Waals surface area contributed by atoms with E-state index in [0.717, 1.165) is 28.1 Å². The van der Waals surface area contributed by atoms with Gasteiger partial charge in [0, 0.05) is 27.0 Å². The van der Waals surface area contributed by atoms with Crippen LogP contribution in [0.25, 0.3) is 0 Å². The summed E-state index contributed by atoms with van der Waals surface area (Å²) in [5.74, 6) is 0.628. The molecular formula is C28H22Cl2N2O2. The first-order valence-electron chi connectivity index (χ1n) is 10.9. The smallest absolute Gasteiger partial charge is 0.262 e. The van der Waals surface area contributed by atoms with Crippen LogP contribution in [0.3, 0.4) is 0 Å². The predicted octanol–water partition coefficient (Wildman–Crippen LogP) is 7.65. The SMILES string of the molecule is Cc1ccc(N2C(=O)c3ccccc3N[C@@H]2c2cccc(OCc3ccc(Cl)cc3Cl)c2)cc1. The fourth-order valence-corrected chi connectivity index (χ4v) is 4.50. The second kappa shape index (κ2) is 9.41. The van der Waals surface area contributed by atoms with Crippen molar-refractivity contribution in [2.24, 2.45) is 0 Å². The molecule has 5 rings (SSSR count). The van der Waals surface area contributed by atoms with E-state index in [9.17, 15) is 4.79 Å². The van der Waals surface area contributed by atoms with Gasteiger partial charge in [-0.05, 0) is 61.0 Å². The number of carbonyl (C=O) groups is 1. The molecule has 170 valence electrons. The second-order valence-electron chi connectivity index (χ2n) is 8.20. The van der Waals surface area contributed by atoms with Crippen LogP contribution < -0.4 is 15.0 Å².